The van der Waals surface area contributed by atoms with Crippen molar-refractivity contribution in [2.24, 2.45) is 5.73 Å². The molecule has 0 saturated heterocycles. The fraction of sp³-hybridized carbons (Fsp3) is 0.357. The van der Waals surface area contributed by atoms with E-state index < -0.39 is 0 Å². The van der Waals surface area contributed by atoms with Gasteiger partial charge in [-0.15, -0.1) is 10.2 Å². The zero-order valence-electron chi connectivity index (χ0n) is 11.0. The number of hydrogen-bond donors (Lipinski definition) is 1. The first-order valence-electron chi connectivity index (χ1n) is 6.57. The Morgan fingerprint density at radius 2 is 2.05 bits per heavy atom. The van der Waals surface area contributed by atoms with E-state index in [0.29, 0.717) is 18.2 Å². The lowest BCUT2D eigenvalue weighted by molar-refractivity contribution is 0.626. The van der Waals surface area contributed by atoms with Crippen molar-refractivity contribution in [3.8, 4) is 6.07 Å². The molecule has 3 rings (SSSR count). The Hall–Kier alpha value is -1.84. The van der Waals surface area contributed by atoms with Crippen LogP contribution in [0.25, 0.3) is 0 Å². The fourth-order valence-corrected chi connectivity index (χ4v) is 3.05. The first kappa shape index (κ1) is 13.2. The normalized spacial score (nSPS) is 14.2. The van der Waals surface area contributed by atoms with Crippen LogP contribution in [0.2, 0.25) is 0 Å². The zero-order chi connectivity index (χ0) is 13.9. The highest BCUT2D eigenvalue weighted by Gasteiger charge is 2.29. The molecule has 1 aromatic heterocycles. The summed E-state index contributed by atoms with van der Waals surface area (Å²) in [6, 6.07) is 10.3. The van der Waals surface area contributed by atoms with Crippen LogP contribution >= 0.6 is 11.8 Å². The molecule has 0 radical (unpaired) electrons. The zero-order valence-corrected chi connectivity index (χ0v) is 11.8. The Morgan fingerprint density at radius 3 is 2.65 bits per heavy atom. The van der Waals surface area contributed by atoms with Crippen LogP contribution in [-0.2, 0) is 12.3 Å². The number of rotatable bonds is 5. The summed E-state index contributed by atoms with van der Waals surface area (Å²) >= 11 is 1.67. The van der Waals surface area contributed by atoms with Crippen molar-refractivity contribution in [2.45, 2.75) is 36.3 Å². The Kier molecular flexibility index (Phi) is 3.72. The molecule has 0 atom stereocenters. The molecule has 1 aliphatic rings. The molecule has 1 heterocycles. The molecular formula is C14H15N5S. The van der Waals surface area contributed by atoms with Crippen molar-refractivity contribution in [3.05, 3.63) is 41.2 Å². The number of aromatic nitrogens is 3. The van der Waals surface area contributed by atoms with E-state index in [1.54, 1.807) is 11.8 Å². The molecule has 102 valence electrons. The number of thioether (sulfide) groups is 1. The number of nitriles is 1. The second kappa shape index (κ2) is 5.65. The Labute approximate surface area is 121 Å². The summed E-state index contributed by atoms with van der Waals surface area (Å²) in [7, 11) is 0. The summed E-state index contributed by atoms with van der Waals surface area (Å²) in [5.74, 6) is 1.69. The monoisotopic (exact) mass is 285 g/mol. The minimum atomic E-state index is 0.431. The molecule has 5 nitrogen and oxygen atoms in total. The fourth-order valence-electron chi connectivity index (χ4n) is 2.07. The van der Waals surface area contributed by atoms with Crippen LogP contribution in [0.5, 0.6) is 0 Å². The quantitative estimate of drug-likeness (QED) is 0.852. The molecule has 0 aliphatic heterocycles. The molecule has 0 amide bonds. The lowest BCUT2D eigenvalue weighted by Crippen LogP contribution is -2.08. The molecule has 2 N–H and O–H groups in total. The van der Waals surface area contributed by atoms with Crippen LogP contribution in [0, 0.1) is 11.3 Å². The summed E-state index contributed by atoms with van der Waals surface area (Å²) in [6.07, 6.45) is 2.38. The third-order valence-corrected chi connectivity index (χ3v) is 4.29. The lowest BCUT2D eigenvalue weighted by atomic mass is 10.2. The standard InChI is InChI=1S/C14H15N5S/c15-7-10-1-3-11(4-2-10)9-20-14-18-17-13(8-16)19(14)12-5-6-12/h1-4,12H,5-6,8-9,16H2. The summed E-state index contributed by atoms with van der Waals surface area (Å²) in [5, 5.41) is 18.1. The van der Waals surface area contributed by atoms with Gasteiger partial charge in [0.05, 0.1) is 18.2 Å². The highest BCUT2D eigenvalue weighted by atomic mass is 32.2. The molecule has 0 unspecified atom stereocenters. The average molecular weight is 285 g/mol. The number of nitrogens with two attached hydrogens (primary N) is 1. The van der Waals surface area contributed by atoms with Gasteiger partial charge in [-0.2, -0.15) is 5.26 Å². The van der Waals surface area contributed by atoms with Crippen molar-refractivity contribution < 1.29 is 0 Å². The van der Waals surface area contributed by atoms with E-state index in [1.165, 1.54) is 18.4 Å². The van der Waals surface area contributed by atoms with Gasteiger partial charge in [0.25, 0.3) is 0 Å². The van der Waals surface area contributed by atoms with Gasteiger partial charge in [0.15, 0.2) is 5.16 Å². The SMILES string of the molecule is N#Cc1ccc(CSc2nnc(CN)n2C2CC2)cc1. The maximum Gasteiger partial charge on any atom is 0.191 e. The minimum absolute atomic E-state index is 0.431. The summed E-state index contributed by atoms with van der Waals surface area (Å²) in [6.45, 7) is 0.431. The van der Waals surface area contributed by atoms with Gasteiger partial charge in [-0.3, -0.25) is 0 Å². The molecule has 1 aliphatic carbocycles. The second-order valence-corrected chi connectivity index (χ2v) is 5.74. The van der Waals surface area contributed by atoms with Gasteiger partial charge in [-0.1, -0.05) is 23.9 Å². The van der Waals surface area contributed by atoms with Crippen molar-refractivity contribution in [2.75, 3.05) is 0 Å². The molecule has 0 spiro atoms. The molecule has 0 bridgehead atoms. The summed E-state index contributed by atoms with van der Waals surface area (Å²) in [4.78, 5) is 0. The Balaban J connectivity index is 1.71. The van der Waals surface area contributed by atoms with Crippen LogP contribution < -0.4 is 5.73 Å². The lowest BCUT2D eigenvalue weighted by Gasteiger charge is -2.07. The maximum atomic E-state index is 8.78. The summed E-state index contributed by atoms with van der Waals surface area (Å²) < 4.78 is 2.17. The van der Waals surface area contributed by atoms with Gasteiger partial charge in [0.1, 0.15) is 5.82 Å². The largest absolute Gasteiger partial charge is 0.324 e. The van der Waals surface area contributed by atoms with E-state index >= 15 is 0 Å². The average Bonchev–Trinajstić information content (AvgIpc) is 3.25. The first-order chi connectivity index (χ1) is 9.81. The number of nitrogens with zero attached hydrogens (tertiary/aromatic N) is 4. The first-order valence-corrected chi connectivity index (χ1v) is 7.56. The van der Waals surface area contributed by atoms with E-state index in [-0.39, 0.29) is 0 Å². The number of hydrogen-bond acceptors (Lipinski definition) is 5. The molecule has 2 aromatic rings. The van der Waals surface area contributed by atoms with Gasteiger partial charge >= 0.3 is 0 Å². The van der Waals surface area contributed by atoms with Gasteiger partial charge in [0, 0.05) is 11.8 Å². The van der Waals surface area contributed by atoms with E-state index in [9.17, 15) is 0 Å². The van der Waals surface area contributed by atoms with Gasteiger partial charge in [-0.25, -0.2) is 0 Å². The number of benzene rings is 1. The maximum absolute atomic E-state index is 8.78. The van der Waals surface area contributed by atoms with Crippen LogP contribution in [0.15, 0.2) is 29.4 Å². The Bertz CT molecular complexity index is 637. The van der Waals surface area contributed by atoms with Gasteiger partial charge in [0.2, 0.25) is 0 Å². The van der Waals surface area contributed by atoms with Crippen molar-refractivity contribution >= 4 is 11.8 Å². The highest BCUT2D eigenvalue weighted by Crippen LogP contribution is 2.39. The van der Waals surface area contributed by atoms with Crippen LogP contribution in [0.1, 0.15) is 35.8 Å². The summed E-state index contributed by atoms with van der Waals surface area (Å²) in [5.41, 5.74) is 7.57. The molecule has 1 aromatic carbocycles. The molecule has 1 saturated carbocycles. The molecule has 1 fully saturated rings. The molecular weight excluding hydrogens is 270 g/mol. The van der Waals surface area contributed by atoms with Gasteiger partial charge in [-0.05, 0) is 30.5 Å². The third kappa shape index (κ3) is 2.69. The van der Waals surface area contributed by atoms with Gasteiger partial charge < -0.3 is 10.3 Å². The van der Waals surface area contributed by atoms with Crippen LogP contribution in [0.4, 0.5) is 0 Å². The van der Waals surface area contributed by atoms with E-state index in [4.69, 9.17) is 11.0 Å². The van der Waals surface area contributed by atoms with Crippen molar-refractivity contribution in [1.29, 1.82) is 5.26 Å². The van der Waals surface area contributed by atoms with Crippen molar-refractivity contribution in [1.82, 2.24) is 14.8 Å². The highest BCUT2D eigenvalue weighted by molar-refractivity contribution is 7.98. The van der Waals surface area contributed by atoms with E-state index in [0.717, 1.165) is 16.7 Å². The second-order valence-electron chi connectivity index (χ2n) is 4.80. The molecule has 20 heavy (non-hydrogen) atoms. The molecule has 6 heteroatoms. The van der Waals surface area contributed by atoms with E-state index in [1.807, 2.05) is 24.3 Å². The topological polar surface area (TPSA) is 80.5 Å². The predicted octanol–water partition coefficient (Wildman–Crippen LogP) is 2.24. The van der Waals surface area contributed by atoms with E-state index in [2.05, 4.69) is 20.8 Å². The smallest absolute Gasteiger partial charge is 0.191 e. The van der Waals surface area contributed by atoms with Crippen LogP contribution in [0.3, 0.4) is 0 Å². The third-order valence-electron chi connectivity index (χ3n) is 3.28. The Morgan fingerprint density at radius 1 is 1.30 bits per heavy atom. The van der Waals surface area contributed by atoms with Crippen molar-refractivity contribution in [3.63, 3.8) is 0 Å². The predicted molar refractivity (Wildman–Crippen MR) is 76.9 cm³/mol. The van der Waals surface area contributed by atoms with Crippen LogP contribution in [-0.4, -0.2) is 14.8 Å². The minimum Gasteiger partial charge on any atom is -0.324 e.